The molecule has 1 heteroatoms. The minimum absolute atomic E-state index is 1.37. The maximum absolute atomic E-state index is 2.31. The molecule has 0 radical (unpaired) electrons. The van der Waals surface area contributed by atoms with Gasteiger partial charge >= 0.3 is 0 Å². The summed E-state index contributed by atoms with van der Waals surface area (Å²) in [5, 5.41) is 0. The van der Waals surface area contributed by atoms with Crippen LogP contribution in [0, 0.1) is 0 Å². The summed E-state index contributed by atoms with van der Waals surface area (Å²) in [4.78, 5) is 0. The second-order valence-corrected chi connectivity index (χ2v) is 18.4. The first-order valence-corrected chi connectivity index (χ1v) is 26.1. The first kappa shape index (κ1) is 51.4. The topological polar surface area (TPSA) is 0 Å². The fraction of sp³-hybridized carbons (Fsp3) is 1.00. The summed E-state index contributed by atoms with van der Waals surface area (Å²) in [6.07, 6.45) is 68.1. The highest BCUT2D eigenvalue weighted by atomic mass is 32.2. The van der Waals surface area contributed by atoms with Crippen LogP contribution in [-0.2, 0) is 0 Å². The maximum Gasteiger partial charge on any atom is -0.00675 e. The second kappa shape index (κ2) is 50.4. The Bertz CT molecular complexity index is 509. The van der Waals surface area contributed by atoms with E-state index in [1.54, 1.807) is 0 Å². The molecule has 0 aliphatic rings. The van der Waals surface area contributed by atoms with Crippen LogP contribution in [0.3, 0.4) is 0 Å². The van der Waals surface area contributed by atoms with Crippen molar-refractivity contribution in [2.45, 2.75) is 309 Å². The van der Waals surface area contributed by atoms with E-state index in [1.165, 1.54) is 307 Å². The van der Waals surface area contributed by atoms with Crippen LogP contribution in [0.5, 0.6) is 0 Å². The lowest BCUT2D eigenvalue weighted by atomic mass is 10.0. The lowest BCUT2D eigenvalue weighted by molar-refractivity contribution is 0.519. The van der Waals surface area contributed by atoms with E-state index in [2.05, 4.69) is 25.6 Å². The Kier molecular flexibility index (Phi) is 50.7. The Morgan fingerprint density at radius 1 is 0.157 bits per heavy atom. The highest BCUT2D eigenvalue weighted by molar-refractivity contribution is 7.99. The summed E-state index contributed by atoms with van der Waals surface area (Å²) in [5.74, 6) is 2.83. The zero-order chi connectivity index (χ0) is 36.6. The summed E-state index contributed by atoms with van der Waals surface area (Å²) in [5.41, 5.74) is 0. The van der Waals surface area contributed by atoms with E-state index >= 15 is 0 Å². The normalized spacial score (nSPS) is 11.6. The smallest absolute Gasteiger partial charge is 0.00675 e. The van der Waals surface area contributed by atoms with E-state index in [1.807, 2.05) is 0 Å². The van der Waals surface area contributed by atoms with Gasteiger partial charge in [-0.15, -0.1) is 0 Å². The third kappa shape index (κ3) is 50.3. The average molecular weight is 735 g/mol. The highest BCUT2D eigenvalue weighted by Gasteiger charge is 1.99. The van der Waals surface area contributed by atoms with Gasteiger partial charge in [-0.1, -0.05) is 296 Å². The number of hydrogen-bond donors (Lipinski definition) is 0. The minimum Gasteiger partial charge on any atom is -0.162 e. The summed E-state index contributed by atoms with van der Waals surface area (Å²) in [6.45, 7) is 4.62. The number of thioether (sulfide) groups is 1. The first-order valence-electron chi connectivity index (χ1n) is 25.0. The lowest BCUT2D eigenvalue weighted by Gasteiger charge is -2.05. The molecule has 308 valence electrons. The Morgan fingerprint density at radius 3 is 0.412 bits per heavy atom. The average Bonchev–Trinajstić information content (AvgIpc) is 3.14. The molecule has 0 rings (SSSR count). The third-order valence-electron chi connectivity index (χ3n) is 11.8. The monoisotopic (exact) mass is 735 g/mol. The molecule has 51 heavy (non-hydrogen) atoms. The van der Waals surface area contributed by atoms with Crippen LogP contribution in [0.25, 0.3) is 0 Å². The van der Waals surface area contributed by atoms with Gasteiger partial charge in [0.05, 0.1) is 0 Å². The molecule has 0 saturated heterocycles. The minimum atomic E-state index is 1.37. The standard InChI is InChI=1S/C50H102S/c1-3-5-7-9-11-13-15-17-19-21-23-25-27-29-31-33-35-37-39-41-43-45-47-49-51-50-48-46-44-42-40-38-36-34-32-30-28-26-24-22-20-18-16-14-12-10-8-6-4-2/h3-50H2,1-2H3. The van der Waals surface area contributed by atoms with Gasteiger partial charge in [0.2, 0.25) is 0 Å². The second-order valence-electron chi connectivity index (χ2n) is 17.2. The van der Waals surface area contributed by atoms with Crippen molar-refractivity contribution in [1.82, 2.24) is 0 Å². The van der Waals surface area contributed by atoms with Gasteiger partial charge in [-0.3, -0.25) is 0 Å². The summed E-state index contributed by atoms with van der Waals surface area (Å²) in [6, 6.07) is 0. The molecule has 0 aromatic rings. The summed E-state index contributed by atoms with van der Waals surface area (Å²) >= 11 is 2.24. The molecular weight excluding hydrogens is 633 g/mol. The van der Waals surface area contributed by atoms with Gasteiger partial charge in [-0.05, 0) is 24.3 Å². The fourth-order valence-electron chi connectivity index (χ4n) is 8.08. The molecule has 0 aliphatic heterocycles. The molecule has 0 aromatic carbocycles. The lowest BCUT2D eigenvalue weighted by Crippen LogP contribution is -1.87. The molecule has 0 N–H and O–H groups in total. The van der Waals surface area contributed by atoms with Crippen LogP contribution in [-0.4, -0.2) is 11.5 Å². The van der Waals surface area contributed by atoms with Crippen LogP contribution in [0.15, 0.2) is 0 Å². The van der Waals surface area contributed by atoms with Gasteiger partial charge in [-0.2, -0.15) is 11.8 Å². The van der Waals surface area contributed by atoms with Crippen LogP contribution in [0.4, 0.5) is 0 Å². The Hall–Kier alpha value is 0.350. The van der Waals surface area contributed by atoms with E-state index in [4.69, 9.17) is 0 Å². The molecule has 0 atom stereocenters. The van der Waals surface area contributed by atoms with E-state index < -0.39 is 0 Å². The molecule has 0 heterocycles. The molecule has 0 aromatic heterocycles. The fourth-order valence-corrected chi connectivity index (χ4v) is 9.10. The van der Waals surface area contributed by atoms with E-state index in [9.17, 15) is 0 Å². The predicted octanol–water partition coefficient (Wildman–Crippen LogP) is 19.7. The van der Waals surface area contributed by atoms with Crippen molar-refractivity contribution in [1.29, 1.82) is 0 Å². The molecule has 0 fully saturated rings. The van der Waals surface area contributed by atoms with Crippen molar-refractivity contribution in [3.8, 4) is 0 Å². The Labute approximate surface area is 331 Å². The third-order valence-corrected chi connectivity index (χ3v) is 12.9. The van der Waals surface area contributed by atoms with Gasteiger partial charge in [0.1, 0.15) is 0 Å². The number of hydrogen-bond acceptors (Lipinski definition) is 1. The van der Waals surface area contributed by atoms with Gasteiger partial charge < -0.3 is 0 Å². The SMILES string of the molecule is CCCCCCCCCCCCCCCCCCCCCCCCCSCCCCCCCCCCCCCCCCCCCCCCCCC. The highest BCUT2D eigenvalue weighted by Crippen LogP contribution is 2.18. The predicted molar refractivity (Wildman–Crippen MR) is 241 cm³/mol. The van der Waals surface area contributed by atoms with Crippen molar-refractivity contribution >= 4 is 11.8 Å². The summed E-state index contributed by atoms with van der Waals surface area (Å²) in [7, 11) is 0. The molecule has 0 spiro atoms. The molecule has 0 unspecified atom stereocenters. The van der Waals surface area contributed by atoms with E-state index in [0.717, 1.165) is 0 Å². The molecule has 0 amide bonds. The zero-order valence-corrected chi connectivity index (χ0v) is 37.2. The van der Waals surface area contributed by atoms with Gasteiger partial charge in [0.25, 0.3) is 0 Å². The Balaban J connectivity index is 3.04. The Morgan fingerprint density at radius 2 is 0.275 bits per heavy atom. The van der Waals surface area contributed by atoms with Crippen molar-refractivity contribution in [3.63, 3.8) is 0 Å². The summed E-state index contributed by atoms with van der Waals surface area (Å²) < 4.78 is 0. The maximum atomic E-state index is 2.31. The largest absolute Gasteiger partial charge is 0.162 e. The molecular formula is C50H102S. The van der Waals surface area contributed by atoms with Crippen molar-refractivity contribution in [3.05, 3.63) is 0 Å². The van der Waals surface area contributed by atoms with Crippen molar-refractivity contribution in [2.75, 3.05) is 11.5 Å². The van der Waals surface area contributed by atoms with Crippen LogP contribution in [0.2, 0.25) is 0 Å². The van der Waals surface area contributed by atoms with Gasteiger partial charge in [0.15, 0.2) is 0 Å². The molecule has 0 aliphatic carbocycles. The van der Waals surface area contributed by atoms with E-state index in [-0.39, 0.29) is 0 Å². The van der Waals surface area contributed by atoms with Crippen LogP contribution in [0.1, 0.15) is 309 Å². The van der Waals surface area contributed by atoms with Gasteiger partial charge in [-0.25, -0.2) is 0 Å². The quantitative estimate of drug-likeness (QED) is 0.0561. The van der Waals surface area contributed by atoms with E-state index in [0.29, 0.717) is 0 Å². The zero-order valence-electron chi connectivity index (χ0n) is 36.3. The van der Waals surface area contributed by atoms with Crippen LogP contribution >= 0.6 is 11.8 Å². The van der Waals surface area contributed by atoms with Crippen molar-refractivity contribution < 1.29 is 0 Å². The number of unbranched alkanes of at least 4 members (excludes halogenated alkanes) is 44. The van der Waals surface area contributed by atoms with Crippen LogP contribution < -0.4 is 0 Å². The van der Waals surface area contributed by atoms with Crippen molar-refractivity contribution in [2.24, 2.45) is 0 Å². The van der Waals surface area contributed by atoms with Gasteiger partial charge in [0, 0.05) is 0 Å². The molecule has 0 bridgehead atoms. The molecule has 0 nitrogen and oxygen atoms in total. The number of rotatable bonds is 48. The molecule has 0 saturated carbocycles. The first-order chi connectivity index (χ1) is 25.4.